The lowest BCUT2D eigenvalue weighted by atomic mass is 10.0. The molecule has 7 nitrogen and oxygen atoms in total. The molecule has 0 fully saturated rings. The maximum atomic E-state index is 12.7. The Balaban J connectivity index is 1.53. The number of benzene rings is 1. The van der Waals surface area contributed by atoms with E-state index in [1.165, 1.54) is 0 Å². The van der Waals surface area contributed by atoms with Gasteiger partial charge in [0, 0.05) is 22.8 Å². The molecule has 0 radical (unpaired) electrons. The van der Waals surface area contributed by atoms with Gasteiger partial charge in [-0.15, -0.1) is 0 Å². The molecule has 4 rings (SSSR count). The Labute approximate surface area is 167 Å². The van der Waals surface area contributed by atoms with E-state index >= 15 is 0 Å². The average Bonchev–Trinajstić information content (AvgIpc) is 2.93. The predicted molar refractivity (Wildman–Crippen MR) is 107 cm³/mol. The molecule has 0 saturated heterocycles. The molecular formula is C20H20ClN5O2. The molecule has 1 aromatic carbocycles. The lowest BCUT2D eigenvalue weighted by molar-refractivity contribution is 0.247. The third-order valence-electron chi connectivity index (χ3n) is 4.49. The molecule has 1 aliphatic rings. The van der Waals surface area contributed by atoms with Gasteiger partial charge in [-0.3, -0.25) is 5.32 Å². The van der Waals surface area contributed by atoms with Crippen molar-refractivity contribution in [3.05, 3.63) is 64.9 Å². The van der Waals surface area contributed by atoms with Crippen molar-refractivity contribution in [2.45, 2.75) is 25.8 Å². The van der Waals surface area contributed by atoms with Crippen LogP contribution in [0.15, 0.2) is 48.7 Å². The van der Waals surface area contributed by atoms with Crippen molar-refractivity contribution < 1.29 is 9.53 Å². The second-order valence-corrected chi connectivity index (χ2v) is 7.03. The minimum Gasteiger partial charge on any atom is -0.493 e. The van der Waals surface area contributed by atoms with Crippen LogP contribution in [0, 0.1) is 6.92 Å². The number of hydrogen-bond donors (Lipinski definition) is 2. The maximum absolute atomic E-state index is 12.7. The van der Waals surface area contributed by atoms with E-state index in [0.29, 0.717) is 29.0 Å². The quantitative estimate of drug-likeness (QED) is 0.691. The van der Waals surface area contributed by atoms with Gasteiger partial charge in [0.15, 0.2) is 5.82 Å². The van der Waals surface area contributed by atoms with Crippen molar-refractivity contribution in [3.8, 4) is 11.6 Å². The van der Waals surface area contributed by atoms with Crippen LogP contribution in [0.2, 0.25) is 5.02 Å². The van der Waals surface area contributed by atoms with Gasteiger partial charge in [0.25, 0.3) is 0 Å². The van der Waals surface area contributed by atoms with E-state index in [-0.39, 0.29) is 12.1 Å². The number of fused-ring (bicyclic) bond motifs is 1. The topological polar surface area (TPSA) is 81.1 Å². The van der Waals surface area contributed by atoms with E-state index < -0.39 is 0 Å². The fourth-order valence-corrected chi connectivity index (χ4v) is 3.41. The van der Waals surface area contributed by atoms with Crippen LogP contribution in [-0.4, -0.2) is 27.4 Å². The fourth-order valence-electron chi connectivity index (χ4n) is 3.25. The third kappa shape index (κ3) is 3.94. The number of halogens is 1. The van der Waals surface area contributed by atoms with Crippen LogP contribution in [0.1, 0.15) is 30.1 Å². The summed E-state index contributed by atoms with van der Waals surface area (Å²) in [7, 11) is 0. The third-order valence-corrected chi connectivity index (χ3v) is 4.73. The Morgan fingerprint density at radius 1 is 1.29 bits per heavy atom. The minimum atomic E-state index is -0.315. The summed E-state index contributed by atoms with van der Waals surface area (Å²) >= 11 is 6.07. The molecule has 8 heteroatoms. The van der Waals surface area contributed by atoms with Gasteiger partial charge >= 0.3 is 6.03 Å². The van der Waals surface area contributed by atoms with Crippen LogP contribution >= 0.6 is 11.6 Å². The first kappa shape index (κ1) is 18.3. The first-order valence-corrected chi connectivity index (χ1v) is 9.46. The molecule has 1 atom stereocenters. The van der Waals surface area contributed by atoms with Gasteiger partial charge in [-0.1, -0.05) is 23.7 Å². The molecule has 2 amide bonds. The van der Waals surface area contributed by atoms with Crippen molar-refractivity contribution >= 4 is 23.4 Å². The lowest BCUT2D eigenvalue weighted by Gasteiger charge is -2.19. The molecule has 0 spiro atoms. The van der Waals surface area contributed by atoms with Gasteiger partial charge in [0.2, 0.25) is 0 Å². The number of urea groups is 1. The number of pyridine rings is 1. The summed E-state index contributed by atoms with van der Waals surface area (Å²) in [6, 6.07) is 12.4. The highest BCUT2D eigenvalue weighted by atomic mass is 35.5. The number of rotatable bonds is 3. The van der Waals surface area contributed by atoms with Gasteiger partial charge in [-0.25, -0.2) is 9.78 Å². The second kappa shape index (κ2) is 7.90. The first-order valence-electron chi connectivity index (χ1n) is 9.08. The molecule has 144 valence electrons. The van der Waals surface area contributed by atoms with Gasteiger partial charge in [-0.05, 0) is 44.0 Å². The number of hydrogen-bond acceptors (Lipinski definition) is 4. The molecule has 0 aliphatic carbocycles. The Bertz CT molecular complexity index is 990. The summed E-state index contributed by atoms with van der Waals surface area (Å²) in [5.74, 6) is 1.90. The van der Waals surface area contributed by atoms with Crippen molar-refractivity contribution in [2.24, 2.45) is 0 Å². The van der Waals surface area contributed by atoms with Gasteiger partial charge in [-0.2, -0.15) is 9.78 Å². The van der Waals surface area contributed by atoms with Crippen LogP contribution in [-0.2, 0) is 0 Å². The summed E-state index contributed by atoms with van der Waals surface area (Å²) in [5, 5.41) is 10.9. The number of nitrogens with one attached hydrogen (secondary N) is 2. The Hall–Kier alpha value is -3.06. The SMILES string of the molecule is Cc1cc(NC(=O)NC2CCCOc3cc(Cl)ccc32)n(-c2ccccn2)n1. The zero-order valence-corrected chi connectivity index (χ0v) is 16.1. The molecule has 3 heterocycles. The highest BCUT2D eigenvalue weighted by molar-refractivity contribution is 6.30. The van der Waals surface area contributed by atoms with Crippen LogP contribution in [0.3, 0.4) is 0 Å². The van der Waals surface area contributed by atoms with Crippen molar-refractivity contribution in [3.63, 3.8) is 0 Å². The van der Waals surface area contributed by atoms with E-state index in [1.807, 2.05) is 31.2 Å². The number of carbonyl (C=O) groups excluding carboxylic acids is 1. The van der Waals surface area contributed by atoms with E-state index in [1.54, 1.807) is 29.1 Å². The van der Waals surface area contributed by atoms with Crippen LogP contribution < -0.4 is 15.4 Å². The predicted octanol–water partition coefficient (Wildman–Crippen LogP) is 4.26. The van der Waals surface area contributed by atoms with Gasteiger partial charge in [0.1, 0.15) is 11.6 Å². The number of aromatic nitrogens is 3. The van der Waals surface area contributed by atoms with Crippen molar-refractivity contribution in [1.82, 2.24) is 20.1 Å². The number of amides is 2. The monoisotopic (exact) mass is 397 g/mol. The molecule has 0 saturated carbocycles. The Morgan fingerprint density at radius 3 is 3.00 bits per heavy atom. The van der Waals surface area contributed by atoms with Gasteiger partial charge in [0.05, 0.1) is 18.3 Å². The first-order chi connectivity index (χ1) is 13.6. The number of nitrogens with zero attached hydrogens (tertiary/aromatic N) is 3. The molecule has 1 aliphatic heterocycles. The molecule has 2 N–H and O–H groups in total. The molecule has 3 aromatic rings. The molecule has 1 unspecified atom stereocenters. The number of anilines is 1. The lowest BCUT2D eigenvalue weighted by Crippen LogP contribution is -2.33. The second-order valence-electron chi connectivity index (χ2n) is 6.59. The highest BCUT2D eigenvalue weighted by Crippen LogP contribution is 2.33. The summed E-state index contributed by atoms with van der Waals surface area (Å²) in [5.41, 5.74) is 1.70. The molecular weight excluding hydrogens is 378 g/mol. The normalized spacial score (nSPS) is 15.9. The fraction of sp³-hybridized carbons (Fsp3) is 0.250. The summed E-state index contributed by atoms with van der Waals surface area (Å²) in [6.45, 7) is 2.46. The summed E-state index contributed by atoms with van der Waals surface area (Å²) in [6.07, 6.45) is 3.30. The van der Waals surface area contributed by atoms with Crippen molar-refractivity contribution in [1.29, 1.82) is 0 Å². The molecule has 28 heavy (non-hydrogen) atoms. The maximum Gasteiger partial charge on any atom is 0.320 e. The Kier molecular flexibility index (Phi) is 5.16. The summed E-state index contributed by atoms with van der Waals surface area (Å²) in [4.78, 5) is 17.0. The van der Waals surface area contributed by atoms with E-state index in [9.17, 15) is 4.79 Å². The smallest absolute Gasteiger partial charge is 0.320 e. The summed E-state index contributed by atoms with van der Waals surface area (Å²) < 4.78 is 7.37. The minimum absolute atomic E-state index is 0.165. The number of carbonyl (C=O) groups is 1. The number of aryl methyl sites for hydroxylation is 1. The van der Waals surface area contributed by atoms with Crippen LogP contribution in [0.5, 0.6) is 5.75 Å². The average molecular weight is 398 g/mol. The zero-order valence-electron chi connectivity index (χ0n) is 15.4. The van der Waals surface area contributed by atoms with Crippen LogP contribution in [0.25, 0.3) is 5.82 Å². The van der Waals surface area contributed by atoms with Gasteiger partial charge < -0.3 is 10.1 Å². The van der Waals surface area contributed by atoms with Crippen molar-refractivity contribution in [2.75, 3.05) is 11.9 Å². The Morgan fingerprint density at radius 2 is 2.18 bits per heavy atom. The highest BCUT2D eigenvalue weighted by Gasteiger charge is 2.22. The standard InChI is InChI=1S/C20H20ClN5O2/c1-13-11-19(26(25-13)18-6-2-3-9-22-18)24-20(27)23-16-5-4-10-28-17-12-14(21)7-8-15(16)17/h2-3,6-9,11-12,16H,4-5,10H2,1H3,(H2,23,24,27). The molecule has 0 bridgehead atoms. The zero-order chi connectivity index (χ0) is 19.5. The largest absolute Gasteiger partial charge is 0.493 e. The van der Waals surface area contributed by atoms with E-state index in [4.69, 9.17) is 16.3 Å². The number of ether oxygens (including phenoxy) is 1. The van der Waals surface area contributed by atoms with E-state index in [2.05, 4.69) is 20.7 Å². The van der Waals surface area contributed by atoms with Crippen LogP contribution in [0.4, 0.5) is 10.6 Å². The molecule has 2 aromatic heterocycles. The van der Waals surface area contributed by atoms with E-state index in [0.717, 1.165) is 24.1 Å².